The van der Waals surface area contributed by atoms with E-state index in [9.17, 15) is 0 Å². The summed E-state index contributed by atoms with van der Waals surface area (Å²) in [4.78, 5) is 1.91. The van der Waals surface area contributed by atoms with Crippen LogP contribution < -0.4 is 0 Å². The number of methoxy groups -OCH3 is 2. The van der Waals surface area contributed by atoms with Crippen LogP contribution >= 0.6 is 0 Å². The number of ether oxygens (including phenoxy) is 2. The largest absolute Gasteiger partial charge is 0.359 e. The predicted octanol–water partition coefficient (Wildman–Crippen LogP) is 1.70. The number of nitrogens with zero attached hydrogens (tertiary/aromatic N) is 1. The Labute approximate surface area is 92.1 Å². The van der Waals surface area contributed by atoms with E-state index >= 15 is 0 Å². The Bertz CT molecular complexity index is 201. The van der Waals surface area contributed by atoms with Crippen LogP contribution in [0.4, 0.5) is 0 Å². The molecular weight excluding hydrogens is 192 g/mol. The molecule has 1 aliphatic carbocycles. The third-order valence-electron chi connectivity index (χ3n) is 3.12. The number of hydrogen-bond acceptors (Lipinski definition) is 3. The summed E-state index contributed by atoms with van der Waals surface area (Å²) in [7, 11) is 5.17. The van der Waals surface area contributed by atoms with Gasteiger partial charge in [-0.15, -0.1) is 0 Å². The van der Waals surface area contributed by atoms with Crippen molar-refractivity contribution >= 4 is 5.84 Å². The van der Waals surface area contributed by atoms with Crippen molar-refractivity contribution < 1.29 is 9.47 Å². The minimum absolute atomic E-state index is 0.239. The Hall–Kier alpha value is -0.610. The normalized spacial score (nSPS) is 16.5. The average Bonchev–Trinajstić information content (AvgIpc) is 2.19. The van der Waals surface area contributed by atoms with Gasteiger partial charge < -0.3 is 14.4 Å². The summed E-state index contributed by atoms with van der Waals surface area (Å²) >= 11 is 0. The molecule has 0 aromatic rings. The van der Waals surface area contributed by atoms with E-state index in [-0.39, 0.29) is 6.29 Å². The fourth-order valence-corrected chi connectivity index (χ4v) is 1.71. The summed E-state index contributed by atoms with van der Waals surface area (Å²) in [6.45, 7) is 0.624. The summed E-state index contributed by atoms with van der Waals surface area (Å²) in [5, 5.41) is 7.92. The Kier molecular flexibility index (Phi) is 5.05. The number of likely N-dealkylation sites (N-methyl/N-ethyl adjacent to an activating group) is 1. The zero-order chi connectivity index (χ0) is 11.3. The summed E-state index contributed by atoms with van der Waals surface area (Å²) in [6, 6.07) is 0. The predicted molar refractivity (Wildman–Crippen MR) is 60.1 cm³/mol. The SMILES string of the molecule is COC(CN(C)C(=N)CC1CCC1)OC. The second kappa shape index (κ2) is 6.08. The van der Waals surface area contributed by atoms with Crippen LogP contribution in [0.5, 0.6) is 0 Å². The minimum Gasteiger partial charge on any atom is -0.359 e. The van der Waals surface area contributed by atoms with Gasteiger partial charge in [-0.05, 0) is 5.92 Å². The maximum absolute atomic E-state index is 7.92. The van der Waals surface area contributed by atoms with Gasteiger partial charge in [0.25, 0.3) is 0 Å². The van der Waals surface area contributed by atoms with Crippen molar-refractivity contribution in [3.8, 4) is 0 Å². The van der Waals surface area contributed by atoms with E-state index in [4.69, 9.17) is 14.9 Å². The number of rotatable bonds is 6. The van der Waals surface area contributed by atoms with Gasteiger partial charge in [0.05, 0.1) is 12.4 Å². The summed E-state index contributed by atoms with van der Waals surface area (Å²) in [6.07, 6.45) is 4.57. The van der Waals surface area contributed by atoms with Crippen LogP contribution in [0, 0.1) is 11.3 Å². The van der Waals surface area contributed by atoms with Crippen molar-refractivity contribution in [1.29, 1.82) is 5.41 Å². The zero-order valence-electron chi connectivity index (χ0n) is 9.95. The first-order valence-corrected chi connectivity index (χ1v) is 5.51. The monoisotopic (exact) mass is 214 g/mol. The van der Waals surface area contributed by atoms with Crippen LogP contribution in [0.1, 0.15) is 25.7 Å². The van der Waals surface area contributed by atoms with Gasteiger partial charge in [-0.1, -0.05) is 19.3 Å². The van der Waals surface area contributed by atoms with Crippen molar-refractivity contribution in [3.05, 3.63) is 0 Å². The van der Waals surface area contributed by atoms with Crippen molar-refractivity contribution in [3.63, 3.8) is 0 Å². The van der Waals surface area contributed by atoms with E-state index in [1.807, 2.05) is 11.9 Å². The molecule has 0 spiro atoms. The molecule has 0 unspecified atom stereocenters. The Balaban J connectivity index is 2.24. The summed E-state index contributed by atoms with van der Waals surface area (Å²) in [5.74, 6) is 1.43. The van der Waals surface area contributed by atoms with E-state index in [1.165, 1.54) is 19.3 Å². The van der Waals surface area contributed by atoms with Gasteiger partial charge in [0.2, 0.25) is 0 Å². The molecule has 4 nitrogen and oxygen atoms in total. The Morgan fingerprint density at radius 2 is 2.00 bits per heavy atom. The first kappa shape index (κ1) is 12.5. The van der Waals surface area contributed by atoms with Crippen LogP contribution in [-0.2, 0) is 9.47 Å². The van der Waals surface area contributed by atoms with Crippen molar-refractivity contribution in [2.24, 2.45) is 5.92 Å². The van der Waals surface area contributed by atoms with Crippen LogP contribution in [0.2, 0.25) is 0 Å². The lowest BCUT2D eigenvalue weighted by atomic mass is 9.82. The quantitative estimate of drug-likeness (QED) is 0.416. The summed E-state index contributed by atoms with van der Waals surface area (Å²) in [5.41, 5.74) is 0. The van der Waals surface area contributed by atoms with E-state index in [1.54, 1.807) is 14.2 Å². The highest BCUT2D eigenvalue weighted by molar-refractivity contribution is 5.79. The lowest BCUT2D eigenvalue weighted by molar-refractivity contribution is -0.107. The molecule has 1 rings (SSSR count). The molecule has 1 N–H and O–H groups in total. The molecule has 15 heavy (non-hydrogen) atoms. The van der Waals surface area contributed by atoms with Crippen molar-refractivity contribution in [2.45, 2.75) is 32.0 Å². The third kappa shape index (κ3) is 3.80. The molecule has 0 aliphatic heterocycles. The van der Waals surface area contributed by atoms with Gasteiger partial charge in [0.1, 0.15) is 0 Å². The van der Waals surface area contributed by atoms with E-state index < -0.39 is 0 Å². The molecule has 0 atom stereocenters. The van der Waals surface area contributed by atoms with Crippen LogP contribution in [0.25, 0.3) is 0 Å². The first-order valence-electron chi connectivity index (χ1n) is 5.51. The van der Waals surface area contributed by atoms with Crippen molar-refractivity contribution in [1.82, 2.24) is 4.90 Å². The molecule has 1 aliphatic rings. The van der Waals surface area contributed by atoms with E-state index in [2.05, 4.69) is 0 Å². The van der Waals surface area contributed by atoms with E-state index in [0.717, 1.165) is 12.3 Å². The molecule has 0 aromatic carbocycles. The molecule has 0 bridgehead atoms. The molecule has 1 fully saturated rings. The second-order valence-corrected chi connectivity index (χ2v) is 4.23. The molecule has 4 heteroatoms. The van der Waals surface area contributed by atoms with Gasteiger partial charge in [-0.2, -0.15) is 0 Å². The molecule has 1 saturated carbocycles. The van der Waals surface area contributed by atoms with Crippen LogP contribution in [0.3, 0.4) is 0 Å². The summed E-state index contributed by atoms with van der Waals surface area (Å²) < 4.78 is 10.2. The fraction of sp³-hybridized carbons (Fsp3) is 0.909. The number of hydrogen-bond donors (Lipinski definition) is 1. The molecule has 0 saturated heterocycles. The lowest BCUT2D eigenvalue weighted by Crippen LogP contribution is -2.37. The lowest BCUT2D eigenvalue weighted by Gasteiger charge is -2.30. The standard InChI is InChI=1S/C11H22N2O2/c1-13(8-11(14-2)15-3)10(12)7-9-5-4-6-9/h9,11-12H,4-8H2,1-3H3. The highest BCUT2D eigenvalue weighted by atomic mass is 16.7. The van der Waals surface area contributed by atoms with Gasteiger partial charge in [0.15, 0.2) is 6.29 Å². The minimum atomic E-state index is -0.239. The highest BCUT2D eigenvalue weighted by Gasteiger charge is 2.21. The average molecular weight is 214 g/mol. The molecule has 0 aromatic heterocycles. The fourth-order valence-electron chi connectivity index (χ4n) is 1.71. The highest BCUT2D eigenvalue weighted by Crippen LogP contribution is 2.29. The van der Waals surface area contributed by atoms with Crippen LogP contribution in [-0.4, -0.2) is 44.8 Å². The molecule has 0 radical (unpaired) electrons. The number of amidine groups is 1. The third-order valence-corrected chi connectivity index (χ3v) is 3.12. The second-order valence-electron chi connectivity index (χ2n) is 4.23. The van der Waals surface area contributed by atoms with Gasteiger partial charge in [0, 0.05) is 27.7 Å². The Morgan fingerprint density at radius 3 is 2.40 bits per heavy atom. The maximum atomic E-state index is 7.92. The van der Waals surface area contributed by atoms with Crippen LogP contribution in [0.15, 0.2) is 0 Å². The molecule has 0 heterocycles. The van der Waals surface area contributed by atoms with E-state index in [0.29, 0.717) is 12.4 Å². The van der Waals surface area contributed by atoms with Gasteiger partial charge in [-0.25, -0.2) is 0 Å². The molecular formula is C11H22N2O2. The van der Waals surface area contributed by atoms with Gasteiger partial charge >= 0.3 is 0 Å². The smallest absolute Gasteiger partial charge is 0.174 e. The Morgan fingerprint density at radius 1 is 1.40 bits per heavy atom. The van der Waals surface area contributed by atoms with Gasteiger partial charge in [-0.3, -0.25) is 5.41 Å². The van der Waals surface area contributed by atoms with Crippen molar-refractivity contribution in [2.75, 3.05) is 27.8 Å². The molecule has 0 amide bonds. The topological polar surface area (TPSA) is 45.5 Å². The first-order chi connectivity index (χ1) is 7.17. The number of nitrogens with one attached hydrogen (secondary N) is 1. The maximum Gasteiger partial charge on any atom is 0.174 e. The molecule has 88 valence electrons. The zero-order valence-corrected chi connectivity index (χ0v) is 9.95.